The number of nitrogens with zero attached hydrogens (tertiary/aromatic N) is 1. The Balaban J connectivity index is 2.64. The Morgan fingerprint density at radius 1 is 1.29 bits per heavy atom. The first kappa shape index (κ1) is 17.1. The fourth-order valence-corrected chi connectivity index (χ4v) is 1.50. The minimum Gasteiger partial charge on any atom is -0.497 e. The quantitative estimate of drug-likeness (QED) is 0.364. The summed E-state index contributed by atoms with van der Waals surface area (Å²) in [6.45, 7) is -0.0479. The van der Waals surface area contributed by atoms with Gasteiger partial charge in [0.2, 0.25) is 0 Å². The lowest BCUT2D eigenvalue weighted by atomic mass is 10.1. The van der Waals surface area contributed by atoms with Gasteiger partial charge < -0.3 is 19.4 Å². The number of hydrogen-bond donors (Lipinski definition) is 1. The van der Waals surface area contributed by atoms with Crippen LogP contribution in [-0.4, -0.2) is 44.0 Å². The highest BCUT2D eigenvalue weighted by atomic mass is 19.4. The number of benzene rings is 1. The molecular formula is C13H16F3NO4. The molecule has 0 aliphatic rings. The van der Waals surface area contributed by atoms with E-state index in [1.807, 2.05) is 0 Å². The third-order valence-electron chi connectivity index (χ3n) is 2.48. The van der Waals surface area contributed by atoms with Crippen LogP contribution < -0.4 is 9.47 Å². The average Bonchev–Trinajstić information content (AvgIpc) is 2.44. The molecule has 0 saturated heterocycles. The topological polar surface area (TPSA) is 60.3 Å². The highest BCUT2D eigenvalue weighted by Gasteiger charge is 2.27. The summed E-state index contributed by atoms with van der Waals surface area (Å²) in [6, 6.07) is 4.82. The summed E-state index contributed by atoms with van der Waals surface area (Å²) in [7, 11) is 1.47. The molecule has 21 heavy (non-hydrogen) atoms. The number of halogens is 3. The standard InChI is InChI=1S/C13H16F3NO4/c1-9(17-18)11-4-3-10(19-2)7-12(11)21-6-5-20-8-13(14,15)16/h3-4,7,18H,5-6,8H2,1-2H3/b17-9+. The van der Waals surface area contributed by atoms with Crippen molar-refractivity contribution in [3.63, 3.8) is 0 Å². The molecule has 0 bridgehead atoms. The lowest BCUT2D eigenvalue weighted by Crippen LogP contribution is -2.19. The van der Waals surface area contributed by atoms with E-state index in [-0.39, 0.29) is 13.2 Å². The Morgan fingerprint density at radius 3 is 2.57 bits per heavy atom. The Morgan fingerprint density at radius 2 is 2.00 bits per heavy atom. The van der Waals surface area contributed by atoms with Gasteiger partial charge in [0.1, 0.15) is 24.7 Å². The molecule has 0 aromatic heterocycles. The summed E-state index contributed by atoms with van der Waals surface area (Å²) < 4.78 is 50.5. The molecule has 5 nitrogen and oxygen atoms in total. The molecule has 1 rings (SSSR count). The largest absolute Gasteiger partial charge is 0.497 e. The van der Waals surface area contributed by atoms with E-state index in [2.05, 4.69) is 9.89 Å². The van der Waals surface area contributed by atoms with E-state index in [1.165, 1.54) is 7.11 Å². The number of alkyl halides is 3. The SMILES string of the molecule is COc1ccc(/C(C)=N/O)c(OCCOCC(F)(F)F)c1. The molecule has 0 atom stereocenters. The third-order valence-corrected chi connectivity index (χ3v) is 2.48. The van der Waals surface area contributed by atoms with Gasteiger partial charge in [0.25, 0.3) is 0 Å². The fourth-order valence-electron chi connectivity index (χ4n) is 1.50. The number of rotatable bonds is 7. The van der Waals surface area contributed by atoms with Crippen molar-refractivity contribution in [2.45, 2.75) is 13.1 Å². The Kier molecular flexibility index (Phi) is 6.29. The molecule has 0 spiro atoms. The van der Waals surface area contributed by atoms with Crippen molar-refractivity contribution < 1.29 is 32.6 Å². The van der Waals surface area contributed by atoms with Crippen LogP contribution >= 0.6 is 0 Å². The Hall–Kier alpha value is -1.96. The van der Waals surface area contributed by atoms with E-state index in [4.69, 9.17) is 14.7 Å². The zero-order chi connectivity index (χ0) is 15.9. The monoisotopic (exact) mass is 307 g/mol. The maximum absolute atomic E-state index is 11.9. The molecule has 0 radical (unpaired) electrons. The van der Waals surface area contributed by atoms with Crippen LogP contribution in [0.1, 0.15) is 12.5 Å². The second kappa shape index (κ2) is 7.72. The van der Waals surface area contributed by atoms with Gasteiger partial charge in [-0.1, -0.05) is 5.16 Å². The van der Waals surface area contributed by atoms with Gasteiger partial charge in [0.15, 0.2) is 0 Å². The van der Waals surface area contributed by atoms with E-state index < -0.39 is 12.8 Å². The zero-order valence-electron chi connectivity index (χ0n) is 11.6. The van der Waals surface area contributed by atoms with Gasteiger partial charge >= 0.3 is 6.18 Å². The summed E-state index contributed by atoms with van der Waals surface area (Å²) in [5, 5.41) is 11.9. The van der Waals surface area contributed by atoms with Crippen LogP contribution in [0.15, 0.2) is 23.4 Å². The van der Waals surface area contributed by atoms with Crippen LogP contribution in [-0.2, 0) is 4.74 Å². The summed E-state index contributed by atoms with van der Waals surface area (Å²) >= 11 is 0. The molecule has 1 aromatic carbocycles. The molecule has 118 valence electrons. The highest BCUT2D eigenvalue weighted by molar-refractivity contribution is 6.00. The van der Waals surface area contributed by atoms with Crippen molar-refractivity contribution in [3.05, 3.63) is 23.8 Å². The normalized spacial score (nSPS) is 12.3. The summed E-state index contributed by atoms with van der Waals surface area (Å²) in [6.07, 6.45) is -4.36. The predicted molar refractivity (Wildman–Crippen MR) is 69.4 cm³/mol. The van der Waals surface area contributed by atoms with E-state index in [0.29, 0.717) is 22.8 Å². The minimum atomic E-state index is -4.36. The maximum atomic E-state index is 11.9. The molecule has 0 aliphatic heterocycles. The number of hydrogen-bond acceptors (Lipinski definition) is 5. The average molecular weight is 307 g/mol. The van der Waals surface area contributed by atoms with Crippen LogP contribution in [0.3, 0.4) is 0 Å². The second-order valence-electron chi connectivity index (χ2n) is 4.06. The van der Waals surface area contributed by atoms with Gasteiger partial charge in [0.05, 0.1) is 19.4 Å². The summed E-state index contributed by atoms with van der Waals surface area (Å²) in [5.41, 5.74) is 0.818. The van der Waals surface area contributed by atoms with Crippen molar-refractivity contribution in [3.8, 4) is 11.5 Å². The predicted octanol–water partition coefficient (Wildman–Crippen LogP) is 2.85. The first-order valence-electron chi connectivity index (χ1n) is 6.01. The zero-order valence-corrected chi connectivity index (χ0v) is 11.6. The van der Waals surface area contributed by atoms with E-state index in [9.17, 15) is 13.2 Å². The van der Waals surface area contributed by atoms with E-state index in [1.54, 1.807) is 25.1 Å². The van der Waals surface area contributed by atoms with Crippen LogP contribution in [0.2, 0.25) is 0 Å². The van der Waals surface area contributed by atoms with Crippen molar-refractivity contribution in [2.24, 2.45) is 5.16 Å². The Bertz CT molecular complexity index is 489. The number of methoxy groups -OCH3 is 1. The van der Waals surface area contributed by atoms with Crippen LogP contribution in [0.25, 0.3) is 0 Å². The van der Waals surface area contributed by atoms with Gasteiger partial charge in [0, 0.05) is 11.6 Å². The molecule has 0 aliphatic carbocycles. The molecule has 0 amide bonds. The van der Waals surface area contributed by atoms with Crippen molar-refractivity contribution >= 4 is 5.71 Å². The van der Waals surface area contributed by atoms with Gasteiger partial charge in [-0.05, 0) is 19.1 Å². The number of oxime groups is 1. The summed E-state index contributed by atoms with van der Waals surface area (Å²) in [4.78, 5) is 0. The van der Waals surface area contributed by atoms with Crippen molar-refractivity contribution in [1.82, 2.24) is 0 Å². The summed E-state index contributed by atoms with van der Waals surface area (Å²) in [5.74, 6) is 0.843. The van der Waals surface area contributed by atoms with Crippen molar-refractivity contribution in [2.75, 3.05) is 26.9 Å². The van der Waals surface area contributed by atoms with Gasteiger partial charge in [-0.2, -0.15) is 13.2 Å². The first-order chi connectivity index (χ1) is 9.87. The second-order valence-corrected chi connectivity index (χ2v) is 4.06. The molecule has 0 fully saturated rings. The highest BCUT2D eigenvalue weighted by Crippen LogP contribution is 2.25. The molecule has 0 unspecified atom stereocenters. The van der Waals surface area contributed by atoms with Gasteiger partial charge in [-0.25, -0.2) is 0 Å². The van der Waals surface area contributed by atoms with E-state index in [0.717, 1.165) is 0 Å². The lowest BCUT2D eigenvalue weighted by Gasteiger charge is -2.13. The smallest absolute Gasteiger partial charge is 0.411 e. The maximum Gasteiger partial charge on any atom is 0.411 e. The minimum absolute atomic E-state index is 0.0744. The molecule has 8 heteroatoms. The molecule has 0 saturated carbocycles. The van der Waals surface area contributed by atoms with Gasteiger partial charge in [-0.3, -0.25) is 0 Å². The molecule has 0 heterocycles. The van der Waals surface area contributed by atoms with E-state index >= 15 is 0 Å². The van der Waals surface area contributed by atoms with Crippen molar-refractivity contribution in [1.29, 1.82) is 0 Å². The van der Waals surface area contributed by atoms with Gasteiger partial charge in [-0.15, -0.1) is 0 Å². The van der Waals surface area contributed by atoms with Crippen LogP contribution in [0, 0.1) is 0 Å². The Labute approximate surface area is 119 Å². The van der Waals surface area contributed by atoms with Crippen LogP contribution in [0.5, 0.6) is 11.5 Å². The fraction of sp³-hybridized carbons (Fsp3) is 0.462. The van der Waals surface area contributed by atoms with Crippen LogP contribution in [0.4, 0.5) is 13.2 Å². The molecule has 1 aromatic rings. The third kappa shape index (κ3) is 5.90. The first-order valence-corrected chi connectivity index (χ1v) is 6.01. The molecule has 1 N–H and O–H groups in total. The number of ether oxygens (including phenoxy) is 3. The lowest BCUT2D eigenvalue weighted by molar-refractivity contribution is -0.175. The molecular weight excluding hydrogens is 291 g/mol.